The van der Waals surface area contributed by atoms with E-state index in [1.165, 1.54) is 38.4 Å². The maximum absolute atomic E-state index is 13.1. The molecule has 1 fully saturated rings. The van der Waals surface area contributed by atoms with Crippen LogP contribution in [-0.2, 0) is 11.3 Å². The van der Waals surface area contributed by atoms with Gasteiger partial charge in [0.1, 0.15) is 17.3 Å². The van der Waals surface area contributed by atoms with E-state index in [2.05, 4.69) is 15.3 Å². The smallest absolute Gasteiger partial charge is 0.387 e. The molecule has 8 nitrogen and oxygen atoms in total. The quantitative estimate of drug-likeness (QED) is 0.412. The van der Waals surface area contributed by atoms with Gasteiger partial charge in [0.2, 0.25) is 0 Å². The summed E-state index contributed by atoms with van der Waals surface area (Å²) in [5, 5.41) is 22.3. The second kappa shape index (κ2) is 10.5. The lowest BCUT2D eigenvalue weighted by atomic mass is 9.83. The van der Waals surface area contributed by atoms with E-state index in [9.17, 15) is 23.9 Å². The fourth-order valence-corrected chi connectivity index (χ4v) is 3.35. The molecule has 1 aliphatic carbocycles. The highest BCUT2D eigenvalue weighted by Gasteiger charge is 2.36. The molecule has 1 atom stereocenters. The van der Waals surface area contributed by atoms with E-state index < -0.39 is 18.0 Å². The number of H-pyrrole nitrogens is 1. The fraction of sp³-hybridized carbons (Fsp3) is 0.375. The third kappa shape index (κ3) is 5.61. The topological polar surface area (TPSA) is 120 Å². The number of imidazole rings is 1. The summed E-state index contributed by atoms with van der Waals surface area (Å²) >= 11 is 0. The van der Waals surface area contributed by atoms with Crippen molar-refractivity contribution in [2.75, 3.05) is 7.11 Å². The van der Waals surface area contributed by atoms with Crippen molar-refractivity contribution in [3.63, 3.8) is 0 Å². The van der Waals surface area contributed by atoms with Crippen LogP contribution in [0, 0.1) is 16.7 Å². The van der Waals surface area contributed by atoms with E-state index >= 15 is 0 Å². The summed E-state index contributed by atoms with van der Waals surface area (Å²) in [7, 11) is 1.45. The summed E-state index contributed by atoms with van der Waals surface area (Å²) in [5.74, 6) is -0.632. The zero-order chi connectivity index (χ0) is 24.9. The number of alkyl halides is 2. The summed E-state index contributed by atoms with van der Waals surface area (Å²) in [6, 6.07) is 5.35. The van der Waals surface area contributed by atoms with Gasteiger partial charge >= 0.3 is 12.6 Å². The average Bonchev–Trinajstić information content (AvgIpc) is 3.52. The minimum Gasteiger partial charge on any atom is -0.496 e. The molecule has 0 saturated heterocycles. The molecule has 34 heavy (non-hydrogen) atoms. The average molecular weight is 472 g/mol. The molecule has 10 heteroatoms. The van der Waals surface area contributed by atoms with Crippen LogP contribution < -0.4 is 14.8 Å². The number of aromatic amines is 1. The number of nitriles is 1. The SMILES string of the molecule is C/C=C\C(=C/c1ncc(-c2cc(OC)c(CNC3CC3)c(OC(F)F)c2)[nH]1)C(C)(C#N)C(=O)O. The number of aliphatic carboxylic acids is 1. The number of rotatable bonds is 11. The molecule has 3 rings (SSSR count). The lowest BCUT2D eigenvalue weighted by Crippen LogP contribution is -2.27. The first-order valence-electron chi connectivity index (χ1n) is 10.7. The van der Waals surface area contributed by atoms with Crippen LogP contribution >= 0.6 is 0 Å². The van der Waals surface area contributed by atoms with Crippen LogP contribution in [0.25, 0.3) is 17.3 Å². The first-order chi connectivity index (χ1) is 16.2. The van der Waals surface area contributed by atoms with Gasteiger partial charge in [-0.05, 0) is 50.5 Å². The fourth-order valence-electron chi connectivity index (χ4n) is 3.35. The predicted octanol–water partition coefficient (Wildman–Crippen LogP) is 4.51. The molecule has 0 amide bonds. The van der Waals surface area contributed by atoms with E-state index in [-0.39, 0.29) is 11.3 Å². The highest BCUT2D eigenvalue weighted by molar-refractivity contribution is 5.85. The van der Waals surface area contributed by atoms with Crippen molar-refractivity contribution < 1.29 is 28.2 Å². The number of carboxylic acids is 1. The van der Waals surface area contributed by atoms with Gasteiger partial charge in [0.25, 0.3) is 0 Å². The second-order valence-electron chi connectivity index (χ2n) is 8.01. The van der Waals surface area contributed by atoms with Crippen molar-refractivity contribution in [1.82, 2.24) is 15.3 Å². The first kappa shape index (κ1) is 24.9. The number of halogens is 2. The van der Waals surface area contributed by atoms with Gasteiger partial charge in [0.05, 0.1) is 30.6 Å². The molecule has 0 radical (unpaired) electrons. The van der Waals surface area contributed by atoms with Crippen molar-refractivity contribution in [2.24, 2.45) is 5.41 Å². The predicted molar refractivity (Wildman–Crippen MR) is 121 cm³/mol. The number of methoxy groups -OCH3 is 1. The van der Waals surface area contributed by atoms with Crippen LogP contribution in [0.2, 0.25) is 0 Å². The third-order valence-corrected chi connectivity index (χ3v) is 5.52. The number of nitrogens with one attached hydrogen (secondary N) is 2. The Labute approximate surface area is 195 Å². The Kier molecular flexibility index (Phi) is 7.68. The molecule has 1 heterocycles. The standard InChI is InChI=1S/C24H26F2N4O4/c1-4-5-15(24(2,13-27)22(31)32)10-21-29-12-18(30-21)14-8-19(33-3)17(11-28-16-6-7-16)20(9-14)34-23(25)26/h4-5,8-10,12,16,23,28H,6-7,11H2,1-3H3,(H,29,30)(H,31,32)/b5-4-,15-10+. The summed E-state index contributed by atoms with van der Waals surface area (Å²) in [6.07, 6.45) is 8.17. The van der Waals surface area contributed by atoms with Crippen LogP contribution in [0.1, 0.15) is 38.1 Å². The molecule has 180 valence electrons. The molecule has 2 aromatic rings. The maximum Gasteiger partial charge on any atom is 0.387 e. The Hall–Kier alpha value is -3.71. The van der Waals surface area contributed by atoms with E-state index in [1.807, 2.05) is 6.07 Å². The number of carbonyl (C=O) groups is 1. The highest BCUT2D eigenvalue weighted by atomic mass is 19.3. The maximum atomic E-state index is 13.1. The number of allylic oxidation sites excluding steroid dienone is 2. The Balaban J connectivity index is 2.00. The van der Waals surface area contributed by atoms with E-state index in [0.717, 1.165) is 12.8 Å². The number of ether oxygens (including phenoxy) is 2. The summed E-state index contributed by atoms with van der Waals surface area (Å²) in [4.78, 5) is 19.0. The summed E-state index contributed by atoms with van der Waals surface area (Å²) in [5.41, 5.74) is -0.105. The van der Waals surface area contributed by atoms with Crippen LogP contribution in [0.15, 0.2) is 36.1 Å². The largest absolute Gasteiger partial charge is 0.496 e. The van der Waals surface area contributed by atoms with Gasteiger partial charge in [-0.15, -0.1) is 0 Å². The Morgan fingerprint density at radius 2 is 2.15 bits per heavy atom. The molecular weight excluding hydrogens is 446 g/mol. The molecule has 0 spiro atoms. The van der Waals surface area contributed by atoms with E-state index in [0.29, 0.717) is 41.0 Å². The summed E-state index contributed by atoms with van der Waals surface area (Å²) in [6.45, 7) is 0.320. The minimum absolute atomic E-state index is 0.0123. The molecular formula is C24H26F2N4O4. The lowest BCUT2D eigenvalue weighted by molar-refractivity contribution is -0.142. The Bertz CT molecular complexity index is 1150. The molecule has 0 bridgehead atoms. The van der Waals surface area contributed by atoms with Crippen LogP contribution in [0.4, 0.5) is 8.78 Å². The van der Waals surface area contributed by atoms with E-state index in [1.54, 1.807) is 19.1 Å². The zero-order valence-corrected chi connectivity index (χ0v) is 19.1. The Morgan fingerprint density at radius 1 is 1.44 bits per heavy atom. The van der Waals surface area contributed by atoms with Crippen molar-refractivity contribution >= 4 is 12.0 Å². The van der Waals surface area contributed by atoms with Crippen molar-refractivity contribution in [3.8, 4) is 28.8 Å². The lowest BCUT2D eigenvalue weighted by Gasteiger charge is -2.17. The van der Waals surface area contributed by atoms with Gasteiger partial charge in [0, 0.05) is 18.2 Å². The molecule has 1 aliphatic rings. The highest BCUT2D eigenvalue weighted by Crippen LogP contribution is 2.37. The number of nitrogens with zero attached hydrogens (tertiary/aromatic N) is 2. The van der Waals surface area contributed by atoms with Gasteiger partial charge in [-0.2, -0.15) is 14.0 Å². The van der Waals surface area contributed by atoms with Crippen LogP contribution in [-0.4, -0.2) is 40.8 Å². The van der Waals surface area contributed by atoms with Gasteiger partial charge in [-0.1, -0.05) is 12.2 Å². The zero-order valence-electron chi connectivity index (χ0n) is 19.1. The van der Waals surface area contributed by atoms with Gasteiger partial charge in [-0.3, -0.25) is 4.79 Å². The number of carboxylic acid groups (broad SMARTS) is 1. The third-order valence-electron chi connectivity index (χ3n) is 5.52. The van der Waals surface area contributed by atoms with Crippen molar-refractivity contribution in [2.45, 2.75) is 45.9 Å². The number of hydrogen-bond acceptors (Lipinski definition) is 6. The van der Waals surface area contributed by atoms with Crippen molar-refractivity contribution in [1.29, 1.82) is 5.26 Å². The van der Waals surface area contributed by atoms with Crippen LogP contribution in [0.5, 0.6) is 11.5 Å². The molecule has 3 N–H and O–H groups in total. The van der Waals surface area contributed by atoms with E-state index in [4.69, 9.17) is 9.47 Å². The molecule has 1 saturated carbocycles. The minimum atomic E-state index is -3.01. The van der Waals surface area contributed by atoms with Gasteiger partial charge in [-0.25, -0.2) is 4.98 Å². The summed E-state index contributed by atoms with van der Waals surface area (Å²) < 4.78 is 36.5. The number of aromatic nitrogens is 2. The second-order valence-corrected chi connectivity index (χ2v) is 8.01. The monoisotopic (exact) mass is 472 g/mol. The number of hydrogen-bond donors (Lipinski definition) is 3. The van der Waals surface area contributed by atoms with Crippen molar-refractivity contribution in [3.05, 3.63) is 47.4 Å². The molecule has 0 aliphatic heterocycles. The molecule has 1 unspecified atom stereocenters. The Morgan fingerprint density at radius 3 is 2.71 bits per heavy atom. The normalized spacial score (nSPS) is 15.9. The molecule has 1 aromatic carbocycles. The van der Waals surface area contributed by atoms with Crippen LogP contribution in [0.3, 0.4) is 0 Å². The van der Waals surface area contributed by atoms with Gasteiger partial charge < -0.3 is 24.9 Å². The molecule has 1 aromatic heterocycles. The first-order valence-corrected chi connectivity index (χ1v) is 10.7. The number of benzene rings is 1. The van der Waals surface area contributed by atoms with Gasteiger partial charge in [0.15, 0.2) is 5.41 Å².